The minimum atomic E-state index is -4.35. The topological polar surface area (TPSA) is 50.7 Å². The zero-order valence-electron chi connectivity index (χ0n) is 13.4. The smallest absolute Gasteiger partial charge is 0.366 e. The van der Waals surface area contributed by atoms with Crippen LogP contribution in [0.1, 0.15) is 16.8 Å². The highest BCUT2D eigenvalue weighted by Crippen LogP contribution is 2.29. The molecule has 0 bridgehead atoms. The number of nitrogens with one attached hydrogen (secondary N) is 1. The molecule has 0 aliphatic rings. The van der Waals surface area contributed by atoms with Crippen LogP contribution in [-0.4, -0.2) is 15.0 Å². The molecule has 1 aromatic carbocycles. The molecule has 0 radical (unpaired) electrons. The first-order valence-corrected chi connectivity index (χ1v) is 7.59. The molecule has 0 fully saturated rings. The summed E-state index contributed by atoms with van der Waals surface area (Å²) >= 11 is 0. The van der Waals surface area contributed by atoms with Crippen molar-refractivity contribution < 1.29 is 13.2 Å². The molecule has 1 N–H and O–H groups in total. The third-order valence-electron chi connectivity index (χ3n) is 3.48. The van der Waals surface area contributed by atoms with Crippen molar-refractivity contribution in [3.8, 4) is 11.5 Å². The Labute approximate surface area is 142 Å². The Balaban J connectivity index is 1.79. The maximum atomic E-state index is 12.8. The van der Waals surface area contributed by atoms with E-state index >= 15 is 0 Å². The number of anilines is 1. The van der Waals surface area contributed by atoms with E-state index in [2.05, 4.69) is 20.3 Å². The molecule has 0 aliphatic carbocycles. The molecular formula is C18H15F3N4. The Morgan fingerprint density at radius 1 is 1.00 bits per heavy atom. The molecular weight excluding hydrogens is 329 g/mol. The fraction of sp³-hybridized carbons (Fsp3) is 0.167. The number of pyridine rings is 1. The van der Waals surface area contributed by atoms with Gasteiger partial charge in [-0.15, -0.1) is 0 Å². The summed E-state index contributed by atoms with van der Waals surface area (Å²) in [6.45, 7) is 2.05. The summed E-state index contributed by atoms with van der Waals surface area (Å²) < 4.78 is 38.3. The summed E-state index contributed by atoms with van der Waals surface area (Å²) in [4.78, 5) is 12.9. The molecule has 2 aromatic heterocycles. The number of benzene rings is 1. The lowest BCUT2D eigenvalue weighted by atomic mass is 10.1. The Hall–Kier alpha value is -2.96. The predicted octanol–water partition coefficient (Wildman–Crippen LogP) is 4.48. The van der Waals surface area contributed by atoms with Crippen LogP contribution in [0.25, 0.3) is 11.5 Å². The minimum Gasteiger partial charge on any atom is -0.366 e. The zero-order valence-corrected chi connectivity index (χ0v) is 13.4. The quantitative estimate of drug-likeness (QED) is 0.758. The number of alkyl halides is 3. The lowest BCUT2D eigenvalue weighted by Crippen LogP contribution is -2.08. The van der Waals surface area contributed by atoms with Gasteiger partial charge in [-0.2, -0.15) is 13.2 Å². The Kier molecular flexibility index (Phi) is 4.65. The first kappa shape index (κ1) is 16.9. The number of halogens is 3. The van der Waals surface area contributed by atoms with E-state index in [0.717, 1.165) is 17.8 Å². The van der Waals surface area contributed by atoms with E-state index in [1.807, 2.05) is 13.0 Å². The number of hydrogen-bond donors (Lipinski definition) is 1. The third kappa shape index (κ3) is 4.32. The van der Waals surface area contributed by atoms with Crippen molar-refractivity contribution in [2.75, 3.05) is 5.32 Å². The monoisotopic (exact) mass is 344 g/mol. The van der Waals surface area contributed by atoms with Gasteiger partial charge in [-0.1, -0.05) is 18.2 Å². The van der Waals surface area contributed by atoms with Crippen LogP contribution in [0.5, 0.6) is 0 Å². The Bertz CT molecular complexity index is 864. The van der Waals surface area contributed by atoms with Crippen LogP contribution >= 0.6 is 0 Å². The van der Waals surface area contributed by atoms with Gasteiger partial charge < -0.3 is 5.32 Å². The van der Waals surface area contributed by atoms with Gasteiger partial charge in [0.15, 0.2) is 5.82 Å². The van der Waals surface area contributed by atoms with Crippen LogP contribution in [0.4, 0.5) is 19.0 Å². The van der Waals surface area contributed by atoms with Gasteiger partial charge >= 0.3 is 6.18 Å². The average molecular weight is 344 g/mol. The summed E-state index contributed by atoms with van der Waals surface area (Å²) in [7, 11) is 0. The van der Waals surface area contributed by atoms with Gasteiger partial charge in [0, 0.05) is 24.5 Å². The number of aromatic nitrogens is 3. The highest BCUT2D eigenvalue weighted by Gasteiger charge is 2.30. The number of rotatable bonds is 4. The van der Waals surface area contributed by atoms with Gasteiger partial charge in [0.1, 0.15) is 11.5 Å². The van der Waals surface area contributed by atoms with Crippen LogP contribution < -0.4 is 5.32 Å². The maximum Gasteiger partial charge on any atom is 0.416 e. The Morgan fingerprint density at radius 2 is 1.84 bits per heavy atom. The molecule has 0 atom stereocenters. The molecule has 3 rings (SSSR count). The fourth-order valence-electron chi connectivity index (χ4n) is 2.32. The van der Waals surface area contributed by atoms with Crippen LogP contribution in [0, 0.1) is 6.92 Å². The molecule has 128 valence electrons. The van der Waals surface area contributed by atoms with E-state index in [1.165, 1.54) is 6.07 Å². The minimum absolute atomic E-state index is 0.224. The molecule has 2 heterocycles. The van der Waals surface area contributed by atoms with E-state index in [-0.39, 0.29) is 6.54 Å². The average Bonchev–Trinajstić information content (AvgIpc) is 2.60. The maximum absolute atomic E-state index is 12.8. The lowest BCUT2D eigenvalue weighted by Gasteiger charge is -2.11. The van der Waals surface area contributed by atoms with Crippen molar-refractivity contribution in [3.05, 3.63) is 71.5 Å². The molecule has 7 heteroatoms. The number of nitrogens with zero attached hydrogens (tertiary/aromatic N) is 3. The van der Waals surface area contributed by atoms with Crippen molar-refractivity contribution in [2.45, 2.75) is 19.6 Å². The molecule has 25 heavy (non-hydrogen) atoms. The van der Waals surface area contributed by atoms with Crippen molar-refractivity contribution in [3.63, 3.8) is 0 Å². The predicted molar refractivity (Wildman–Crippen MR) is 88.8 cm³/mol. The van der Waals surface area contributed by atoms with E-state index < -0.39 is 11.7 Å². The molecule has 4 nitrogen and oxygen atoms in total. The standard InChI is InChI=1S/C18H15F3N4/c1-12-9-16(25-17(24-12)15-7-2-3-8-22-15)23-11-13-5-4-6-14(10-13)18(19,20)21/h2-10H,11H2,1H3,(H,23,24,25). The van der Waals surface area contributed by atoms with Crippen LogP contribution in [0.2, 0.25) is 0 Å². The number of hydrogen-bond acceptors (Lipinski definition) is 4. The molecule has 0 aliphatic heterocycles. The van der Waals surface area contributed by atoms with E-state index in [4.69, 9.17) is 0 Å². The highest BCUT2D eigenvalue weighted by molar-refractivity contribution is 5.52. The first-order valence-electron chi connectivity index (χ1n) is 7.59. The second kappa shape index (κ2) is 6.88. The van der Waals surface area contributed by atoms with Gasteiger partial charge in [-0.3, -0.25) is 4.98 Å². The number of aryl methyl sites for hydroxylation is 1. The molecule has 3 aromatic rings. The summed E-state index contributed by atoms with van der Waals surface area (Å²) in [6.07, 6.45) is -2.70. The van der Waals surface area contributed by atoms with Gasteiger partial charge in [0.05, 0.1) is 5.56 Å². The van der Waals surface area contributed by atoms with E-state index in [1.54, 1.807) is 30.5 Å². The Morgan fingerprint density at radius 3 is 2.56 bits per heavy atom. The summed E-state index contributed by atoms with van der Waals surface area (Å²) in [6, 6.07) is 12.4. The van der Waals surface area contributed by atoms with Crippen molar-refractivity contribution in [1.29, 1.82) is 0 Å². The van der Waals surface area contributed by atoms with Gasteiger partial charge in [0.2, 0.25) is 0 Å². The second-order valence-electron chi connectivity index (χ2n) is 5.48. The van der Waals surface area contributed by atoms with Crippen molar-refractivity contribution in [2.24, 2.45) is 0 Å². The zero-order chi connectivity index (χ0) is 17.9. The van der Waals surface area contributed by atoms with Gasteiger partial charge in [-0.25, -0.2) is 9.97 Å². The molecule has 0 saturated carbocycles. The van der Waals surface area contributed by atoms with E-state index in [9.17, 15) is 13.2 Å². The van der Waals surface area contributed by atoms with Crippen LogP contribution in [0.15, 0.2) is 54.7 Å². The SMILES string of the molecule is Cc1cc(NCc2cccc(C(F)(F)F)c2)nc(-c2ccccn2)n1. The summed E-state index contributed by atoms with van der Waals surface area (Å²) in [5.74, 6) is 0.998. The molecule has 0 saturated heterocycles. The summed E-state index contributed by atoms with van der Waals surface area (Å²) in [5.41, 5.74) is 1.22. The second-order valence-corrected chi connectivity index (χ2v) is 5.48. The highest BCUT2D eigenvalue weighted by atomic mass is 19.4. The van der Waals surface area contributed by atoms with Crippen molar-refractivity contribution >= 4 is 5.82 Å². The molecule has 0 amide bonds. The van der Waals surface area contributed by atoms with Crippen molar-refractivity contribution in [1.82, 2.24) is 15.0 Å². The molecule has 0 spiro atoms. The summed E-state index contributed by atoms with van der Waals surface area (Å²) in [5, 5.41) is 3.04. The van der Waals surface area contributed by atoms with Gasteiger partial charge in [-0.05, 0) is 36.8 Å². The van der Waals surface area contributed by atoms with E-state index in [0.29, 0.717) is 22.9 Å². The fourth-order valence-corrected chi connectivity index (χ4v) is 2.32. The molecule has 0 unspecified atom stereocenters. The van der Waals surface area contributed by atoms with Crippen LogP contribution in [-0.2, 0) is 12.7 Å². The van der Waals surface area contributed by atoms with Gasteiger partial charge in [0.25, 0.3) is 0 Å². The third-order valence-corrected chi connectivity index (χ3v) is 3.48. The van der Waals surface area contributed by atoms with Crippen LogP contribution in [0.3, 0.4) is 0 Å². The lowest BCUT2D eigenvalue weighted by molar-refractivity contribution is -0.137. The largest absolute Gasteiger partial charge is 0.416 e. The normalized spacial score (nSPS) is 11.4. The first-order chi connectivity index (χ1) is 11.9.